The molecule has 2 aromatic carbocycles. The van der Waals surface area contributed by atoms with E-state index in [1.807, 2.05) is 24.4 Å². The maximum Gasteiger partial charge on any atom is 0.0708 e. The van der Waals surface area contributed by atoms with E-state index < -0.39 is 0 Å². The summed E-state index contributed by atoms with van der Waals surface area (Å²) in [5.41, 5.74) is 1.06. The molecule has 2 heteroatoms. The van der Waals surface area contributed by atoms with Crippen LogP contribution >= 0.6 is 0 Å². The Balaban J connectivity index is 0.000000853. The van der Waals surface area contributed by atoms with E-state index in [4.69, 9.17) is 0 Å². The Kier molecular flexibility index (Phi) is 2.52. The largest absolute Gasteiger partial charge is 0.256 e. The van der Waals surface area contributed by atoms with Crippen LogP contribution in [0.5, 0.6) is 0 Å². The zero-order valence-corrected chi connectivity index (χ0v) is 7.64. The molecule has 0 atom stereocenters. The molecular weight excluding hydrogens is 198 g/mol. The topological polar surface area (TPSA) is 12.9 Å². The van der Waals surface area contributed by atoms with Crippen LogP contribution in [0.1, 0.15) is 0 Å². The summed E-state index contributed by atoms with van der Waals surface area (Å²) < 4.78 is 0. The Hall–Kier alpha value is -1.67. The molecule has 0 radical (unpaired) electrons. The summed E-state index contributed by atoms with van der Waals surface area (Å²) in [6, 6.07) is 16.6. The monoisotopic (exact) mass is 211 g/mol. The molecule has 3 aromatic rings. The Labute approximate surface area is 92.8 Å². The number of hydrogen-bond acceptors (Lipinski definition) is 1. The van der Waals surface area contributed by atoms with Crippen LogP contribution in [0.3, 0.4) is 0 Å². The Morgan fingerprint density at radius 1 is 0.733 bits per heavy atom. The fourth-order valence-corrected chi connectivity index (χ4v) is 1.81. The van der Waals surface area contributed by atoms with E-state index in [0.29, 0.717) is 0 Å². The minimum atomic E-state index is 0. The molecule has 0 amide bonds. The van der Waals surface area contributed by atoms with Crippen LogP contribution in [-0.2, 0) is 0 Å². The highest BCUT2D eigenvalue weighted by molar-refractivity contribution is 6.05. The summed E-state index contributed by atoms with van der Waals surface area (Å²) in [5, 5.41) is 3.70. The van der Waals surface area contributed by atoms with Gasteiger partial charge in [-0.2, -0.15) is 0 Å². The van der Waals surface area contributed by atoms with Gasteiger partial charge in [-0.25, -0.2) is 0 Å². The number of para-hydroxylation sites is 1. The average molecular weight is 211 g/mol. The summed E-state index contributed by atoms with van der Waals surface area (Å²) in [6.07, 6.45) is 1.93. The zero-order chi connectivity index (χ0) is 9.38. The molecule has 0 aliphatic carbocycles. The summed E-state index contributed by atoms with van der Waals surface area (Å²) in [7, 11) is 0. The number of rotatable bonds is 0. The molecule has 1 aromatic heterocycles. The first-order valence-corrected chi connectivity index (χ1v) is 4.68. The second-order valence-electron chi connectivity index (χ2n) is 3.36. The van der Waals surface area contributed by atoms with Gasteiger partial charge in [0.2, 0.25) is 0 Å². The van der Waals surface area contributed by atoms with E-state index in [1.54, 1.807) is 0 Å². The first kappa shape index (κ1) is 9.87. The third-order valence-electron chi connectivity index (χ3n) is 2.50. The molecule has 15 heavy (non-hydrogen) atoms. The van der Waals surface area contributed by atoms with E-state index in [2.05, 4.69) is 35.3 Å². The van der Waals surface area contributed by atoms with E-state index in [-0.39, 0.29) is 11.0 Å². The van der Waals surface area contributed by atoms with Crippen LogP contribution in [0, 0.1) is 0 Å². The number of nitrogens with zero attached hydrogens (tertiary/aromatic N) is 1. The molecule has 1 heterocycles. The number of fused-ring (bicyclic) bond motifs is 3. The summed E-state index contributed by atoms with van der Waals surface area (Å²) in [6.45, 7) is 0. The van der Waals surface area contributed by atoms with Crippen LogP contribution in [0.4, 0.5) is 0 Å². The lowest BCUT2D eigenvalue weighted by Crippen LogP contribution is -1.80. The predicted octanol–water partition coefficient (Wildman–Crippen LogP) is 1.94. The van der Waals surface area contributed by atoms with Crippen molar-refractivity contribution in [3.63, 3.8) is 0 Å². The second kappa shape index (κ2) is 3.83. The maximum absolute atomic E-state index is 4.41. The van der Waals surface area contributed by atoms with Gasteiger partial charge in [-0.3, -0.25) is 4.98 Å². The van der Waals surface area contributed by atoms with E-state index in [9.17, 15) is 0 Å². The van der Waals surface area contributed by atoms with Gasteiger partial charge in [0, 0.05) is 17.0 Å². The molecule has 0 saturated carbocycles. The Morgan fingerprint density at radius 3 is 2.27 bits per heavy atom. The highest BCUT2D eigenvalue weighted by Gasteiger charge is 1.98. The number of pyridine rings is 1. The van der Waals surface area contributed by atoms with Crippen LogP contribution in [0.15, 0.2) is 54.7 Å². The van der Waals surface area contributed by atoms with Gasteiger partial charge in [0.15, 0.2) is 0 Å². The van der Waals surface area contributed by atoms with Crippen LogP contribution in [-0.4, -0.2) is 15.9 Å². The molecule has 74 valence electrons. The SMILES string of the molecule is [SiH4].c1ccc2c(c1)cnc1ccccc12. The van der Waals surface area contributed by atoms with Crippen molar-refractivity contribution in [1.29, 1.82) is 0 Å². The van der Waals surface area contributed by atoms with Crippen molar-refractivity contribution >= 4 is 32.6 Å². The van der Waals surface area contributed by atoms with Gasteiger partial charge in [-0.1, -0.05) is 42.5 Å². The van der Waals surface area contributed by atoms with Gasteiger partial charge in [-0.15, -0.1) is 0 Å². The normalized spacial score (nSPS) is 10.1. The first-order chi connectivity index (χ1) is 6.95. The van der Waals surface area contributed by atoms with E-state index in [1.165, 1.54) is 16.2 Å². The van der Waals surface area contributed by atoms with Crippen LogP contribution in [0.25, 0.3) is 21.7 Å². The van der Waals surface area contributed by atoms with Crippen molar-refractivity contribution in [1.82, 2.24) is 4.98 Å². The van der Waals surface area contributed by atoms with Gasteiger partial charge < -0.3 is 0 Å². The number of hydrogen-bond donors (Lipinski definition) is 0. The summed E-state index contributed by atoms with van der Waals surface area (Å²) in [5.74, 6) is 0. The summed E-state index contributed by atoms with van der Waals surface area (Å²) in [4.78, 5) is 4.41. The van der Waals surface area contributed by atoms with E-state index in [0.717, 1.165) is 5.52 Å². The molecule has 0 aliphatic heterocycles. The van der Waals surface area contributed by atoms with Crippen molar-refractivity contribution in [3.05, 3.63) is 54.7 Å². The Morgan fingerprint density at radius 2 is 1.40 bits per heavy atom. The van der Waals surface area contributed by atoms with Gasteiger partial charge in [0.1, 0.15) is 0 Å². The maximum atomic E-state index is 4.41. The molecule has 1 nitrogen and oxygen atoms in total. The van der Waals surface area contributed by atoms with Gasteiger partial charge in [0.05, 0.1) is 5.52 Å². The minimum absolute atomic E-state index is 0. The lowest BCUT2D eigenvalue weighted by atomic mass is 10.1. The van der Waals surface area contributed by atoms with Crippen LogP contribution < -0.4 is 0 Å². The zero-order valence-electron chi connectivity index (χ0n) is 7.64. The fourth-order valence-electron chi connectivity index (χ4n) is 1.81. The molecule has 0 aliphatic rings. The minimum Gasteiger partial charge on any atom is -0.256 e. The van der Waals surface area contributed by atoms with Crippen molar-refractivity contribution in [2.75, 3.05) is 0 Å². The van der Waals surface area contributed by atoms with Gasteiger partial charge in [-0.05, 0) is 22.4 Å². The van der Waals surface area contributed by atoms with Crippen LogP contribution in [0.2, 0.25) is 0 Å². The smallest absolute Gasteiger partial charge is 0.0708 e. The first-order valence-electron chi connectivity index (χ1n) is 4.68. The molecule has 0 bridgehead atoms. The lowest BCUT2D eigenvalue weighted by Gasteiger charge is -2.01. The third-order valence-corrected chi connectivity index (χ3v) is 2.50. The molecule has 0 saturated heterocycles. The molecule has 0 unspecified atom stereocenters. The van der Waals surface area contributed by atoms with E-state index >= 15 is 0 Å². The predicted molar refractivity (Wildman–Crippen MR) is 70.6 cm³/mol. The second-order valence-corrected chi connectivity index (χ2v) is 3.36. The van der Waals surface area contributed by atoms with Gasteiger partial charge >= 0.3 is 0 Å². The van der Waals surface area contributed by atoms with Crippen molar-refractivity contribution in [3.8, 4) is 0 Å². The Bertz CT molecular complexity index is 550. The average Bonchev–Trinajstić information content (AvgIpc) is 2.29. The fraction of sp³-hybridized carbons (Fsp3) is 0. The van der Waals surface area contributed by atoms with Crippen molar-refractivity contribution < 1.29 is 0 Å². The standard InChI is InChI=1S/C13H9N.H4Si/c1-2-6-11-10(5-1)9-14-13-8-4-3-7-12(11)13;/h1-9H;1H4. The summed E-state index contributed by atoms with van der Waals surface area (Å²) >= 11 is 0. The highest BCUT2D eigenvalue weighted by Crippen LogP contribution is 2.22. The molecular formula is C13H13NSi. The lowest BCUT2D eigenvalue weighted by molar-refractivity contribution is 1.44. The highest BCUT2D eigenvalue weighted by atomic mass is 28.1. The number of aromatic nitrogens is 1. The molecule has 3 rings (SSSR count). The van der Waals surface area contributed by atoms with Crippen molar-refractivity contribution in [2.45, 2.75) is 0 Å². The number of benzene rings is 2. The molecule has 0 spiro atoms. The van der Waals surface area contributed by atoms with Crippen molar-refractivity contribution in [2.24, 2.45) is 0 Å². The third kappa shape index (κ3) is 1.53. The quantitative estimate of drug-likeness (QED) is 0.409. The molecule has 0 N–H and O–H groups in total. The molecule has 0 fully saturated rings. The van der Waals surface area contributed by atoms with Gasteiger partial charge in [0.25, 0.3) is 0 Å².